The molecule has 2 aromatic carbocycles. The Morgan fingerprint density at radius 1 is 0.541 bits per heavy atom. The number of aliphatic hydroxyl groups excluding tert-OH is 1. The number of likely N-dealkylation sites (tertiary alicyclic amines) is 2. The number of benzene rings is 2. The summed E-state index contributed by atoms with van der Waals surface area (Å²) >= 11 is 0. The van der Waals surface area contributed by atoms with Crippen molar-refractivity contribution in [3.05, 3.63) is 71.8 Å². The number of carboxylic acid groups (broad SMARTS) is 2. The fourth-order valence-corrected chi connectivity index (χ4v) is 11.1. The van der Waals surface area contributed by atoms with E-state index in [1.54, 1.807) is 60.7 Å². The molecule has 0 radical (unpaired) electrons. The molecule has 0 saturated carbocycles. The molecule has 0 aromatic heterocycles. The van der Waals surface area contributed by atoms with Gasteiger partial charge in [-0.2, -0.15) is 0 Å². The lowest BCUT2D eigenvalue weighted by molar-refractivity contribution is -0.148. The maximum atomic E-state index is 14.4. The first-order valence-corrected chi connectivity index (χ1v) is 32.8. The Balaban J connectivity index is 1.50. The fourth-order valence-electron chi connectivity index (χ4n) is 11.1. The molecular weight excluding hydrogens is 1280 g/mol. The quantitative estimate of drug-likeness (QED) is 0.0169. The van der Waals surface area contributed by atoms with Crippen LogP contribution in [0.3, 0.4) is 0 Å². The number of aliphatic hydroxyl groups is 1. The third kappa shape index (κ3) is 27.4. The Bertz CT molecular complexity index is 3100. The van der Waals surface area contributed by atoms with Crippen molar-refractivity contribution in [2.24, 2.45) is 39.6 Å². The number of carbonyl (C=O) groups is 14. The van der Waals surface area contributed by atoms with Crippen molar-refractivity contribution in [2.75, 3.05) is 39.3 Å². The Kier molecular flexibility index (Phi) is 34.0. The van der Waals surface area contributed by atoms with E-state index in [1.807, 2.05) is 13.8 Å². The third-order valence-corrected chi connectivity index (χ3v) is 16.3. The van der Waals surface area contributed by atoms with Gasteiger partial charge in [0.2, 0.25) is 70.9 Å². The van der Waals surface area contributed by atoms with Crippen LogP contribution in [0, 0.1) is 5.92 Å². The summed E-state index contributed by atoms with van der Waals surface area (Å²) in [6.45, 7) is 3.83. The van der Waals surface area contributed by atoms with Crippen LogP contribution in [0.5, 0.6) is 0 Å². The Morgan fingerprint density at radius 2 is 1.01 bits per heavy atom. The lowest BCUT2D eigenvalue weighted by Crippen LogP contribution is -2.59. The van der Waals surface area contributed by atoms with E-state index < -0.39 is 188 Å². The molecular formula is C64H97N17O17. The van der Waals surface area contributed by atoms with Crippen LogP contribution in [0.25, 0.3) is 0 Å². The number of nitrogens with zero attached hydrogens (tertiary/aromatic N) is 3. The van der Waals surface area contributed by atoms with Crippen molar-refractivity contribution in [3.63, 3.8) is 0 Å². The molecule has 98 heavy (non-hydrogen) atoms. The van der Waals surface area contributed by atoms with E-state index in [1.165, 1.54) is 11.8 Å². The molecule has 12 amide bonds. The number of guanidine groups is 1. The van der Waals surface area contributed by atoms with Crippen LogP contribution in [0.4, 0.5) is 0 Å². The molecule has 2 aliphatic heterocycles. The highest BCUT2D eigenvalue weighted by molar-refractivity contribution is 5.99. The second kappa shape index (κ2) is 41.3. The molecule has 2 fully saturated rings. The Hall–Kier alpha value is -9.83. The van der Waals surface area contributed by atoms with Gasteiger partial charge in [0.15, 0.2) is 5.96 Å². The largest absolute Gasteiger partial charge is 0.481 e. The Morgan fingerprint density at radius 3 is 1.53 bits per heavy atom. The van der Waals surface area contributed by atoms with Crippen LogP contribution in [0.15, 0.2) is 65.7 Å². The zero-order valence-electron chi connectivity index (χ0n) is 55.5. The average molecular weight is 1380 g/mol. The van der Waals surface area contributed by atoms with E-state index in [2.05, 4.69) is 52.8 Å². The minimum absolute atomic E-state index is 0.0215. The molecule has 4 rings (SSSR count). The monoisotopic (exact) mass is 1380 g/mol. The zero-order chi connectivity index (χ0) is 72.6. The van der Waals surface area contributed by atoms with Gasteiger partial charge in [-0.05, 0) is 108 Å². The predicted molar refractivity (Wildman–Crippen MR) is 354 cm³/mol. The highest BCUT2D eigenvalue weighted by Crippen LogP contribution is 2.27. The highest BCUT2D eigenvalue weighted by atomic mass is 16.4. The number of aliphatic imine (C=N–C) groups is 1. The van der Waals surface area contributed by atoms with Crippen LogP contribution in [-0.4, -0.2) is 220 Å². The molecule has 0 unspecified atom stereocenters. The molecule has 0 spiro atoms. The van der Waals surface area contributed by atoms with Crippen molar-refractivity contribution >= 4 is 88.8 Å². The van der Waals surface area contributed by atoms with Crippen LogP contribution in [-0.2, 0) is 80.0 Å². The number of nitrogens with one attached hydrogen (secondary N) is 9. The summed E-state index contributed by atoms with van der Waals surface area (Å²) in [5.41, 5.74) is 29.2. The summed E-state index contributed by atoms with van der Waals surface area (Å²) in [6, 6.07) is 2.32. The van der Waals surface area contributed by atoms with E-state index >= 15 is 0 Å². The Labute approximate surface area is 567 Å². The van der Waals surface area contributed by atoms with Crippen molar-refractivity contribution in [2.45, 2.75) is 190 Å². The van der Waals surface area contributed by atoms with Gasteiger partial charge >= 0.3 is 11.9 Å². The molecule has 540 valence electrons. The highest BCUT2D eigenvalue weighted by Gasteiger charge is 2.45. The fraction of sp³-hybridized carbons (Fsp3) is 0.578. The number of nitrogens with two attached hydrogens (primary N) is 5. The molecule has 2 aromatic rings. The van der Waals surface area contributed by atoms with E-state index in [9.17, 15) is 82.4 Å². The second-order valence-electron chi connectivity index (χ2n) is 24.6. The molecule has 2 aliphatic rings. The minimum atomic E-state index is -1.59. The van der Waals surface area contributed by atoms with Gasteiger partial charge in [-0.25, -0.2) is 0 Å². The molecule has 2 saturated heterocycles. The van der Waals surface area contributed by atoms with Gasteiger partial charge < -0.3 is 102 Å². The normalized spacial score (nSPS) is 16.9. The number of carboxylic acids is 2. The second-order valence-corrected chi connectivity index (χ2v) is 24.6. The number of rotatable bonds is 42. The van der Waals surface area contributed by atoms with Gasteiger partial charge in [-0.1, -0.05) is 74.5 Å². The molecule has 22 N–H and O–H groups in total. The van der Waals surface area contributed by atoms with Gasteiger partial charge in [-0.15, -0.1) is 0 Å². The molecule has 34 heteroatoms. The van der Waals surface area contributed by atoms with E-state index in [-0.39, 0.29) is 95.8 Å². The maximum Gasteiger partial charge on any atom is 0.303 e. The van der Waals surface area contributed by atoms with Gasteiger partial charge in [0, 0.05) is 45.3 Å². The summed E-state index contributed by atoms with van der Waals surface area (Å²) in [7, 11) is 0. The van der Waals surface area contributed by atoms with Gasteiger partial charge in [0.05, 0.1) is 13.2 Å². The third-order valence-electron chi connectivity index (χ3n) is 16.3. The first-order valence-electron chi connectivity index (χ1n) is 32.8. The van der Waals surface area contributed by atoms with E-state index in [0.29, 0.717) is 30.4 Å². The van der Waals surface area contributed by atoms with Crippen LogP contribution in [0.2, 0.25) is 0 Å². The lowest BCUT2D eigenvalue weighted by Gasteiger charge is -2.33. The number of amides is 12. The summed E-state index contributed by atoms with van der Waals surface area (Å²) in [5.74, 6) is -12.9. The lowest BCUT2D eigenvalue weighted by atomic mass is 10.0. The van der Waals surface area contributed by atoms with E-state index in [4.69, 9.17) is 28.7 Å². The molecule has 0 bridgehead atoms. The topological polar surface area (TPSA) is 557 Å². The number of hydrogen-bond donors (Lipinski definition) is 17. The first-order chi connectivity index (χ1) is 46.5. The first kappa shape index (κ1) is 80.6. The zero-order valence-corrected chi connectivity index (χ0v) is 55.5. The summed E-state index contributed by atoms with van der Waals surface area (Å²) in [4.78, 5) is 195. The summed E-state index contributed by atoms with van der Waals surface area (Å²) in [5, 5.41) is 51.3. The SMILES string of the molecule is CC(C)C[C@H](NC(=O)[C@H](CCCCN)NC(=O)[C@H](CCCN=C(N)N)NC(=O)[C@H](Cc1ccccc1)NC(=O)CNC(=O)[C@H](Cc1ccccc1)NC(=O)[C@H](C)NC(=O)[C@@H]1CCCN1C(=O)[C@@H]1CCCN1C(=O)[C@H](CCC(=O)O)NC(=O)[C@H](CCC(=O)O)NC(=O)[C@@H](N)CO)C(N)=O. The number of carbonyl (C=O) groups excluding carboxylic acids is 12. The van der Waals surface area contributed by atoms with Crippen molar-refractivity contribution in [3.8, 4) is 0 Å². The van der Waals surface area contributed by atoms with Gasteiger partial charge in [-0.3, -0.25) is 72.1 Å². The number of unbranched alkanes of at least 4 members (excludes halogenated alkanes) is 1. The smallest absolute Gasteiger partial charge is 0.303 e. The van der Waals surface area contributed by atoms with Crippen molar-refractivity contribution < 1.29 is 82.4 Å². The van der Waals surface area contributed by atoms with Crippen LogP contribution >= 0.6 is 0 Å². The molecule has 2 heterocycles. The predicted octanol–water partition coefficient (Wildman–Crippen LogP) is -4.77. The minimum Gasteiger partial charge on any atom is -0.481 e. The number of aliphatic carboxylic acids is 2. The van der Waals surface area contributed by atoms with Crippen LogP contribution in [0.1, 0.15) is 122 Å². The molecule has 0 aliphatic carbocycles. The van der Waals surface area contributed by atoms with Crippen molar-refractivity contribution in [1.29, 1.82) is 0 Å². The van der Waals surface area contributed by atoms with Crippen molar-refractivity contribution in [1.82, 2.24) is 57.7 Å². The standard InChI is InChI=1S/C64H97N17O17/c1-36(2)31-45(53(67)88)78-58(93)41(19-10-11-27-65)75-57(92)42(20-12-28-70-64(68)69)76-60(95)47(33-39-17-8-5-9-18-39)73-50(83)34-71-56(91)46(32-38-15-6-4-7-16-38)79-54(89)37(3)72-61(96)48-21-13-29-80(48)63(98)49-22-14-30-81(49)62(97)44(24-26-52(86)87)77-59(94)43(23-25-51(84)85)74-55(90)40(66)35-82/h4-9,15-18,36-37,40-49,82H,10-14,19-35,65-66H2,1-3H3,(H2,67,88)(H,71,91)(H,72,96)(H,73,83)(H,74,90)(H,75,92)(H,76,95)(H,77,94)(H,78,93)(H,79,89)(H,84,85)(H,86,87)(H4,68,69,70)/t37-,40-,41-,42-,43-,44-,45-,46-,47-,48-,49-/m0/s1. The maximum absolute atomic E-state index is 14.4. The summed E-state index contributed by atoms with van der Waals surface area (Å²) < 4.78 is 0. The van der Waals surface area contributed by atoms with E-state index in [0.717, 1.165) is 4.90 Å². The average Bonchev–Trinajstić information content (AvgIpc) is 1.63. The summed E-state index contributed by atoms with van der Waals surface area (Å²) in [6.07, 6.45) is -0.277. The number of primary amides is 1. The molecule has 11 atom stereocenters. The van der Waals surface area contributed by atoms with Gasteiger partial charge in [0.1, 0.15) is 66.5 Å². The molecule has 34 nitrogen and oxygen atoms in total. The van der Waals surface area contributed by atoms with Crippen LogP contribution < -0.4 is 76.5 Å². The number of hydrogen-bond acceptors (Lipinski definition) is 18. The van der Waals surface area contributed by atoms with Gasteiger partial charge in [0.25, 0.3) is 0 Å².